The van der Waals surface area contributed by atoms with Gasteiger partial charge in [0.25, 0.3) is 5.91 Å². The summed E-state index contributed by atoms with van der Waals surface area (Å²) in [5.41, 5.74) is 2.38. The number of hydrogen-bond acceptors (Lipinski definition) is 6. The van der Waals surface area contributed by atoms with Crippen LogP contribution in [-0.2, 0) is 17.8 Å². The van der Waals surface area contributed by atoms with Gasteiger partial charge in [0.1, 0.15) is 17.2 Å². The zero-order valence-corrected chi connectivity index (χ0v) is 20.4. The molecule has 0 fully saturated rings. The first-order valence-corrected chi connectivity index (χ1v) is 11.0. The second-order valence-corrected chi connectivity index (χ2v) is 7.95. The van der Waals surface area contributed by atoms with Crippen LogP contribution in [0.15, 0.2) is 47.1 Å². The van der Waals surface area contributed by atoms with E-state index in [-0.39, 0.29) is 18.2 Å². The van der Waals surface area contributed by atoms with Gasteiger partial charge in [-0.1, -0.05) is 0 Å². The number of ketones is 1. The maximum absolute atomic E-state index is 13.8. The monoisotopic (exact) mass is 466 g/mol. The molecule has 2 aromatic heterocycles. The molecule has 0 aliphatic carbocycles. The van der Waals surface area contributed by atoms with Crippen LogP contribution in [0.25, 0.3) is 0 Å². The Labute approximate surface area is 199 Å². The van der Waals surface area contributed by atoms with E-state index in [1.807, 2.05) is 6.92 Å². The van der Waals surface area contributed by atoms with E-state index in [9.17, 15) is 14.4 Å². The molecule has 3 aromatic rings. The van der Waals surface area contributed by atoms with Gasteiger partial charge in [0, 0.05) is 23.4 Å². The Balaban J connectivity index is 2.03. The van der Waals surface area contributed by atoms with Crippen molar-refractivity contribution in [3.63, 3.8) is 0 Å². The van der Waals surface area contributed by atoms with Gasteiger partial charge in [-0.05, 0) is 69.7 Å². The molecule has 0 aliphatic rings. The van der Waals surface area contributed by atoms with Gasteiger partial charge in [0.2, 0.25) is 0 Å². The van der Waals surface area contributed by atoms with Crippen molar-refractivity contribution >= 4 is 17.7 Å². The fraction of sp³-hybridized carbons (Fsp3) is 0.346. The predicted octanol–water partition coefficient (Wildman–Crippen LogP) is 4.43. The van der Waals surface area contributed by atoms with Crippen molar-refractivity contribution in [3.05, 3.63) is 76.5 Å². The number of carbonyl (C=O) groups is 3. The van der Waals surface area contributed by atoms with Crippen molar-refractivity contribution < 1.29 is 28.3 Å². The summed E-state index contributed by atoms with van der Waals surface area (Å²) in [4.78, 5) is 41.2. The molecule has 2 heterocycles. The average molecular weight is 467 g/mol. The zero-order valence-electron chi connectivity index (χ0n) is 20.4. The van der Waals surface area contributed by atoms with Crippen LogP contribution >= 0.6 is 0 Å². The summed E-state index contributed by atoms with van der Waals surface area (Å²) in [5, 5.41) is 0. The number of hydrogen-bond donors (Lipinski definition) is 0. The molecule has 0 saturated heterocycles. The molecule has 180 valence electrons. The molecular weight excluding hydrogens is 436 g/mol. The molecule has 34 heavy (non-hydrogen) atoms. The van der Waals surface area contributed by atoms with Gasteiger partial charge < -0.3 is 23.4 Å². The van der Waals surface area contributed by atoms with E-state index in [0.29, 0.717) is 46.1 Å². The largest absolute Gasteiger partial charge is 0.497 e. The van der Waals surface area contributed by atoms with Crippen molar-refractivity contribution in [1.82, 2.24) is 9.47 Å². The lowest BCUT2D eigenvalue weighted by atomic mass is 9.99. The van der Waals surface area contributed by atoms with Crippen LogP contribution in [0.2, 0.25) is 0 Å². The number of rotatable bonds is 9. The number of esters is 1. The van der Waals surface area contributed by atoms with Crippen LogP contribution in [0.3, 0.4) is 0 Å². The second-order valence-electron chi connectivity index (χ2n) is 7.95. The molecule has 1 unspecified atom stereocenters. The predicted molar refractivity (Wildman–Crippen MR) is 126 cm³/mol. The minimum Gasteiger partial charge on any atom is -0.497 e. The van der Waals surface area contributed by atoms with E-state index in [4.69, 9.17) is 13.9 Å². The lowest BCUT2D eigenvalue weighted by molar-refractivity contribution is 0.0585. The molecule has 0 aliphatic heterocycles. The highest BCUT2D eigenvalue weighted by Gasteiger charge is 2.33. The number of ether oxygens (including phenoxy) is 2. The highest BCUT2D eigenvalue weighted by Crippen LogP contribution is 2.27. The topological polar surface area (TPSA) is 91.0 Å². The van der Waals surface area contributed by atoms with Gasteiger partial charge in [0.15, 0.2) is 5.78 Å². The molecule has 8 heteroatoms. The zero-order chi connectivity index (χ0) is 25.0. The van der Waals surface area contributed by atoms with Crippen LogP contribution < -0.4 is 4.74 Å². The van der Waals surface area contributed by atoms with Crippen molar-refractivity contribution in [3.8, 4) is 5.75 Å². The van der Waals surface area contributed by atoms with Crippen molar-refractivity contribution in [2.45, 2.75) is 46.8 Å². The van der Waals surface area contributed by atoms with Gasteiger partial charge in [-0.15, -0.1) is 0 Å². The Hall–Kier alpha value is -3.81. The molecule has 0 saturated carbocycles. The van der Waals surface area contributed by atoms with E-state index in [1.165, 1.54) is 18.3 Å². The number of methoxy groups -OCH3 is 2. The molecule has 0 N–H and O–H groups in total. The van der Waals surface area contributed by atoms with Gasteiger partial charge in [-0.25, -0.2) is 4.79 Å². The lowest BCUT2D eigenvalue weighted by Gasteiger charge is -2.28. The smallest absolute Gasteiger partial charge is 0.354 e. The molecule has 8 nitrogen and oxygen atoms in total. The van der Waals surface area contributed by atoms with Crippen molar-refractivity contribution in [2.24, 2.45) is 0 Å². The molecule has 0 radical (unpaired) electrons. The number of nitrogens with zero attached hydrogens (tertiary/aromatic N) is 2. The standard InChI is InChI=1S/C26H30N2O6/c1-7-27-17(3)22(16(2)23(27)26(31)33-6)24(29)18(4)28(15-21-9-8-14-34-21)25(30)19-10-12-20(32-5)13-11-19/h8-14,18H,7,15H2,1-6H3. The number of benzene rings is 1. The molecule has 0 bridgehead atoms. The number of Topliss-reactive ketones (excluding diaryl/α,β-unsaturated/α-hetero) is 1. The summed E-state index contributed by atoms with van der Waals surface area (Å²) < 4.78 is 17.4. The Kier molecular flexibility index (Phi) is 7.61. The lowest BCUT2D eigenvalue weighted by Crippen LogP contribution is -2.43. The van der Waals surface area contributed by atoms with Gasteiger partial charge in [0.05, 0.1) is 33.1 Å². The molecule has 3 rings (SSSR count). The summed E-state index contributed by atoms with van der Waals surface area (Å²) >= 11 is 0. The summed E-state index contributed by atoms with van der Waals surface area (Å²) in [6.45, 7) is 7.72. The highest BCUT2D eigenvalue weighted by molar-refractivity contribution is 6.07. The van der Waals surface area contributed by atoms with E-state index in [0.717, 1.165) is 0 Å². The van der Waals surface area contributed by atoms with E-state index in [2.05, 4.69) is 0 Å². The number of carbonyl (C=O) groups excluding carboxylic acids is 3. The molecule has 1 amide bonds. The molecule has 0 spiro atoms. The number of amides is 1. The van der Waals surface area contributed by atoms with E-state index in [1.54, 1.807) is 68.8 Å². The summed E-state index contributed by atoms with van der Waals surface area (Å²) in [6.07, 6.45) is 1.52. The average Bonchev–Trinajstić information content (AvgIpc) is 3.45. The van der Waals surface area contributed by atoms with Crippen molar-refractivity contribution in [1.29, 1.82) is 0 Å². The minimum absolute atomic E-state index is 0.112. The van der Waals surface area contributed by atoms with Crippen LogP contribution in [0, 0.1) is 13.8 Å². The second kappa shape index (κ2) is 10.4. The number of aromatic nitrogens is 1. The first-order chi connectivity index (χ1) is 16.2. The van der Waals surface area contributed by atoms with Crippen LogP contribution in [0.4, 0.5) is 0 Å². The SMILES string of the molecule is CCn1c(C)c(C(=O)C(C)N(Cc2ccco2)C(=O)c2ccc(OC)cc2)c(C)c1C(=O)OC. The Morgan fingerprint density at radius 1 is 1.09 bits per heavy atom. The van der Waals surface area contributed by atoms with E-state index >= 15 is 0 Å². The van der Waals surface area contributed by atoms with E-state index < -0.39 is 12.0 Å². The normalized spacial score (nSPS) is 11.7. The Bertz CT molecular complexity index is 1180. The highest BCUT2D eigenvalue weighted by atomic mass is 16.5. The van der Waals surface area contributed by atoms with Crippen LogP contribution in [-0.4, -0.2) is 47.4 Å². The third kappa shape index (κ3) is 4.62. The van der Waals surface area contributed by atoms with Crippen LogP contribution in [0.5, 0.6) is 5.75 Å². The summed E-state index contributed by atoms with van der Waals surface area (Å²) in [5.74, 6) is 0.0899. The van der Waals surface area contributed by atoms with Gasteiger partial charge >= 0.3 is 5.97 Å². The first kappa shape index (κ1) is 24.8. The fourth-order valence-electron chi connectivity index (χ4n) is 4.22. The third-order valence-corrected chi connectivity index (χ3v) is 6.06. The summed E-state index contributed by atoms with van der Waals surface area (Å²) in [6, 6.07) is 9.38. The van der Waals surface area contributed by atoms with Crippen molar-refractivity contribution in [2.75, 3.05) is 14.2 Å². The Morgan fingerprint density at radius 2 is 1.76 bits per heavy atom. The van der Waals surface area contributed by atoms with Crippen LogP contribution in [0.1, 0.15) is 62.1 Å². The Morgan fingerprint density at radius 3 is 2.29 bits per heavy atom. The first-order valence-electron chi connectivity index (χ1n) is 11.0. The fourth-order valence-corrected chi connectivity index (χ4v) is 4.22. The maximum Gasteiger partial charge on any atom is 0.354 e. The molecule has 1 atom stereocenters. The number of furan rings is 1. The quantitative estimate of drug-likeness (QED) is 0.342. The third-order valence-electron chi connectivity index (χ3n) is 6.06. The van der Waals surface area contributed by atoms with Gasteiger partial charge in [-0.3, -0.25) is 9.59 Å². The molecular formula is C26H30N2O6. The van der Waals surface area contributed by atoms with Gasteiger partial charge in [-0.2, -0.15) is 0 Å². The maximum atomic E-state index is 13.8. The minimum atomic E-state index is -0.824. The summed E-state index contributed by atoms with van der Waals surface area (Å²) in [7, 11) is 2.86. The molecule has 1 aromatic carbocycles.